The van der Waals surface area contributed by atoms with E-state index in [0.717, 1.165) is 5.56 Å². The Labute approximate surface area is 216 Å². The highest BCUT2D eigenvalue weighted by atomic mass is 16.4. The number of carboxylic acids is 1. The second-order valence-corrected chi connectivity index (χ2v) is 9.08. The number of benzene rings is 1. The van der Waals surface area contributed by atoms with Crippen molar-refractivity contribution in [3.63, 3.8) is 0 Å². The summed E-state index contributed by atoms with van der Waals surface area (Å²) in [7, 11) is 0. The Hall–Kier alpha value is -3.71. The number of guanidine groups is 1. The first kappa shape index (κ1) is 31.3. The molecule has 0 saturated heterocycles. The Balaban J connectivity index is 3.02. The lowest BCUT2D eigenvalue weighted by atomic mass is 10.00. The molecule has 37 heavy (non-hydrogen) atoms. The molecule has 4 unspecified atom stereocenters. The Morgan fingerprint density at radius 2 is 1.49 bits per heavy atom. The highest BCUT2D eigenvalue weighted by Gasteiger charge is 2.30. The van der Waals surface area contributed by atoms with E-state index in [1.54, 1.807) is 30.3 Å². The number of carboxylic acid groups (broad SMARTS) is 1. The minimum absolute atomic E-state index is 0.0221. The van der Waals surface area contributed by atoms with Gasteiger partial charge >= 0.3 is 5.97 Å². The van der Waals surface area contributed by atoms with E-state index in [2.05, 4.69) is 20.9 Å². The number of hydrogen-bond acceptors (Lipinski definition) is 7. The zero-order chi connectivity index (χ0) is 28.0. The third-order valence-corrected chi connectivity index (χ3v) is 5.35. The van der Waals surface area contributed by atoms with Crippen molar-refractivity contribution >= 4 is 29.7 Å². The zero-order valence-electron chi connectivity index (χ0n) is 21.2. The van der Waals surface area contributed by atoms with Crippen molar-refractivity contribution in [3.05, 3.63) is 35.9 Å². The molecule has 11 N–H and O–H groups in total. The maximum Gasteiger partial charge on any atom is 0.326 e. The Morgan fingerprint density at radius 1 is 0.919 bits per heavy atom. The van der Waals surface area contributed by atoms with Gasteiger partial charge < -0.3 is 43.4 Å². The number of rotatable bonds is 16. The number of nitrogens with two attached hydrogens (primary N) is 3. The van der Waals surface area contributed by atoms with Crippen molar-refractivity contribution in [2.75, 3.05) is 13.2 Å². The quantitative estimate of drug-likeness (QED) is 0.0694. The van der Waals surface area contributed by atoms with E-state index in [4.69, 9.17) is 17.2 Å². The van der Waals surface area contributed by atoms with Gasteiger partial charge in [-0.3, -0.25) is 19.4 Å². The normalized spacial score (nSPS) is 14.1. The Morgan fingerprint density at radius 3 is 2.03 bits per heavy atom. The molecule has 4 atom stereocenters. The molecule has 0 aromatic heterocycles. The van der Waals surface area contributed by atoms with Gasteiger partial charge in [0.05, 0.1) is 6.61 Å². The van der Waals surface area contributed by atoms with Crippen LogP contribution in [0.4, 0.5) is 0 Å². The summed E-state index contributed by atoms with van der Waals surface area (Å²) >= 11 is 0. The average Bonchev–Trinajstić information content (AvgIpc) is 2.84. The summed E-state index contributed by atoms with van der Waals surface area (Å²) in [6, 6.07) is 4.32. The lowest BCUT2D eigenvalue weighted by Gasteiger charge is -2.26. The molecule has 0 saturated carbocycles. The maximum atomic E-state index is 13.2. The summed E-state index contributed by atoms with van der Waals surface area (Å²) in [5, 5.41) is 26.4. The van der Waals surface area contributed by atoms with Gasteiger partial charge in [-0.15, -0.1) is 0 Å². The molecule has 0 radical (unpaired) electrons. The first-order chi connectivity index (χ1) is 17.4. The Kier molecular flexibility index (Phi) is 13.6. The van der Waals surface area contributed by atoms with E-state index in [-0.39, 0.29) is 37.7 Å². The van der Waals surface area contributed by atoms with Crippen molar-refractivity contribution in [2.24, 2.45) is 28.1 Å². The molecule has 1 aromatic carbocycles. The van der Waals surface area contributed by atoms with Crippen LogP contribution < -0.4 is 33.2 Å². The van der Waals surface area contributed by atoms with Crippen LogP contribution in [0, 0.1) is 5.92 Å². The van der Waals surface area contributed by atoms with Gasteiger partial charge in [0.15, 0.2) is 5.96 Å². The topological polar surface area (TPSA) is 235 Å². The first-order valence-electron chi connectivity index (χ1n) is 12.0. The molecule has 0 aliphatic carbocycles. The van der Waals surface area contributed by atoms with Gasteiger partial charge in [-0.25, -0.2) is 4.79 Å². The van der Waals surface area contributed by atoms with E-state index < -0.39 is 54.5 Å². The van der Waals surface area contributed by atoms with Gasteiger partial charge in [0.25, 0.3) is 0 Å². The summed E-state index contributed by atoms with van der Waals surface area (Å²) in [6.45, 7) is 3.29. The number of carbonyl (C=O) groups excluding carboxylic acids is 3. The van der Waals surface area contributed by atoms with Crippen molar-refractivity contribution in [2.45, 2.75) is 63.7 Å². The van der Waals surface area contributed by atoms with Crippen molar-refractivity contribution in [3.8, 4) is 0 Å². The van der Waals surface area contributed by atoms with Crippen molar-refractivity contribution in [1.82, 2.24) is 16.0 Å². The number of nitrogens with zero attached hydrogens (tertiary/aromatic N) is 1. The van der Waals surface area contributed by atoms with Gasteiger partial charge in [0.1, 0.15) is 24.2 Å². The third kappa shape index (κ3) is 12.2. The number of aliphatic imine (C=N–C) groups is 1. The molecule has 1 rings (SSSR count). The number of hydrogen-bond donors (Lipinski definition) is 8. The third-order valence-electron chi connectivity index (χ3n) is 5.35. The minimum atomic E-state index is -1.24. The fourth-order valence-electron chi connectivity index (χ4n) is 3.43. The smallest absolute Gasteiger partial charge is 0.326 e. The molecule has 1 aromatic rings. The highest BCUT2D eigenvalue weighted by Crippen LogP contribution is 2.09. The first-order valence-corrected chi connectivity index (χ1v) is 12.0. The van der Waals surface area contributed by atoms with Crippen molar-refractivity contribution < 1.29 is 29.4 Å². The second kappa shape index (κ2) is 16.1. The molecule has 0 aliphatic heterocycles. The van der Waals surface area contributed by atoms with Crippen molar-refractivity contribution in [1.29, 1.82) is 0 Å². The van der Waals surface area contributed by atoms with Crippen LogP contribution in [-0.2, 0) is 25.6 Å². The molecular formula is C24H39N7O6. The summed E-state index contributed by atoms with van der Waals surface area (Å²) in [4.78, 5) is 54.1. The lowest BCUT2D eigenvalue weighted by molar-refractivity contribution is -0.142. The predicted molar refractivity (Wildman–Crippen MR) is 138 cm³/mol. The van der Waals surface area contributed by atoms with Crippen LogP contribution in [0.3, 0.4) is 0 Å². The summed E-state index contributed by atoms with van der Waals surface area (Å²) in [5.41, 5.74) is 16.9. The van der Waals surface area contributed by atoms with E-state index in [0.29, 0.717) is 6.42 Å². The maximum absolute atomic E-state index is 13.2. The van der Waals surface area contributed by atoms with Gasteiger partial charge in [0, 0.05) is 13.0 Å². The Bertz CT molecular complexity index is 921. The molecule has 206 valence electrons. The number of aliphatic hydroxyl groups is 1. The monoisotopic (exact) mass is 521 g/mol. The van der Waals surface area contributed by atoms with Crippen LogP contribution in [0.1, 0.15) is 38.7 Å². The molecular weight excluding hydrogens is 482 g/mol. The van der Waals surface area contributed by atoms with Crippen LogP contribution >= 0.6 is 0 Å². The number of aliphatic carboxylic acids is 1. The number of nitrogens with one attached hydrogen (secondary N) is 3. The molecule has 13 nitrogen and oxygen atoms in total. The number of amides is 3. The molecule has 0 spiro atoms. The van der Waals surface area contributed by atoms with Crippen LogP contribution in [0.15, 0.2) is 35.3 Å². The molecule has 0 bridgehead atoms. The second-order valence-electron chi connectivity index (χ2n) is 9.08. The van der Waals surface area contributed by atoms with Gasteiger partial charge in [0.2, 0.25) is 17.7 Å². The van der Waals surface area contributed by atoms with Gasteiger partial charge in [-0.2, -0.15) is 0 Å². The molecule has 13 heteroatoms. The summed E-state index contributed by atoms with van der Waals surface area (Å²) in [6.07, 6.45) is 0.716. The number of aliphatic hydroxyl groups excluding tert-OH is 1. The van der Waals surface area contributed by atoms with E-state index in [1.165, 1.54) is 0 Å². The van der Waals surface area contributed by atoms with E-state index in [9.17, 15) is 29.4 Å². The van der Waals surface area contributed by atoms with Gasteiger partial charge in [-0.1, -0.05) is 44.2 Å². The summed E-state index contributed by atoms with van der Waals surface area (Å²) in [5.74, 6) is -3.43. The largest absolute Gasteiger partial charge is 0.480 e. The predicted octanol–water partition coefficient (Wildman–Crippen LogP) is -1.81. The molecule has 0 aliphatic rings. The van der Waals surface area contributed by atoms with Crippen LogP contribution in [0.25, 0.3) is 0 Å². The van der Waals surface area contributed by atoms with Crippen LogP contribution in [0.2, 0.25) is 0 Å². The van der Waals surface area contributed by atoms with Crippen LogP contribution in [-0.4, -0.2) is 77.2 Å². The SMILES string of the molecule is CC(C)CC(NC(=O)C(Cc1ccccc1)NC(=O)C(N)CO)C(=O)NC(CCCN=C(N)N)C(=O)O. The molecule has 3 amide bonds. The molecule has 0 fully saturated rings. The van der Waals surface area contributed by atoms with E-state index in [1.807, 2.05) is 13.8 Å². The zero-order valence-corrected chi connectivity index (χ0v) is 21.2. The minimum Gasteiger partial charge on any atom is -0.480 e. The van der Waals surface area contributed by atoms with Gasteiger partial charge in [-0.05, 0) is 30.7 Å². The summed E-state index contributed by atoms with van der Waals surface area (Å²) < 4.78 is 0. The highest BCUT2D eigenvalue weighted by molar-refractivity contribution is 5.94. The fraction of sp³-hybridized carbons (Fsp3) is 0.542. The molecule has 0 heterocycles. The van der Waals surface area contributed by atoms with Crippen LogP contribution in [0.5, 0.6) is 0 Å². The number of carbonyl (C=O) groups is 4. The fourth-order valence-corrected chi connectivity index (χ4v) is 3.43. The average molecular weight is 522 g/mol. The van der Waals surface area contributed by atoms with E-state index >= 15 is 0 Å². The standard InChI is InChI=1S/C24H39N7O6/c1-14(2)11-18(21(34)29-17(23(36)37)9-6-10-28-24(26)27)31-22(35)19(30-20(33)16(25)13-32)12-15-7-4-3-5-8-15/h3-5,7-8,14,16-19,32H,6,9-13,25H2,1-2H3,(H,29,34)(H,30,33)(H,31,35)(H,36,37)(H4,26,27,28). The lowest BCUT2D eigenvalue weighted by Crippen LogP contribution is -2.58.